The third-order valence-corrected chi connectivity index (χ3v) is 3.95. The van der Waals surface area contributed by atoms with Gasteiger partial charge in [0.2, 0.25) is 11.8 Å². The molecule has 0 aromatic carbocycles. The van der Waals surface area contributed by atoms with E-state index in [1.54, 1.807) is 11.8 Å². The van der Waals surface area contributed by atoms with E-state index < -0.39 is 0 Å². The molecule has 5 nitrogen and oxygen atoms in total. The monoisotopic (exact) mass is 239 g/mol. The van der Waals surface area contributed by atoms with Crippen LogP contribution in [0.25, 0.3) is 0 Å². The van der Waals surface area contributed by atoms with Gasteiger partial charge in [-0.25, -0.2) is 0 Å². The molecule has 0 aliphatic carbocycles. The Bertz CT molecular complexity index is 307. The first-order chi connectivity index (χ1) is 8.09. The highest BCUT2D eigenvalue weighted by Crippen LogP contribution is 2.19. The minimum atomic E-state index is 0.105. The van der Waals surface area contributed by atoms with Crippen LogP contribution >= 0.6 is 0 Å². The average Bonchev–Trinajstić information content (AvgIpc) is 2.25. The average molecular weight is 239 g/mol. The van der Waals surface area contributed by atoms with Crippen molar-refractivity contribution >= 4 is 11.8 Å². The zero-order valence-corrected chi connectivity index (χ0v) is 10.6. The number of piperazine rings is 1. The number of rotatable bonds is 2. The number of nitrogens with zero attached hydrogens (tertiary/aromatic N) is 2. The molecule has 17 heavy (non-hydrogen) atoms. The van der Waals surface area contributed by atoms with Crippen LogP contribution in [0.15, 0.2) is 0 Å². The minimum Gasteiger partial charge on any atom is -0.339 e. The molecule has 0 spiro atoms. The summed E-state index contributed by atoms with van der Waals surface area (Å²) in [6.45, 7) is 8.24. The Morgan fingerprint density at radius 3 is 2.06 bits per heavy atom. The third kappa shape index (κ3) is 2.60. The van der Waals surface area contributed by atoms with Crippen molar-refractivity contribution < 1.29 is 9.59 Å². The van der Waals surface area contributed by atoms with E-state index in [4.69, 9.17) is 0 Å². The number of hydrogen-bond donors (Lipinski definition) is 1. The molecule has 1 N–H and O–H groups in total. The minimum absolute atomic E-state index is 0.105. The number of carbonyl (C=O) groups is 2. The van der Waals surface area contributed by atoms with E-state index in [1.165, 1.54) is 0 Å². The molecule has 2 aliphatic rings. The molecule has 2 amide bonds. The number of nitrogens with one attached hydrogen (secondary N) is 1. The predicted octanol–water partition coefficient (Wildman–Crippen LogP) is -0.467. The van der Waals surface area contributed by atoms with Crippen LogP contribution in [-0.2, 0) is 9.59 Å². The first kappa shape index (κ1) is 12.4. The molecule has 2 fully saturated rings. The van der Waals surface area contributed by atoms with Crippen molar-refractivity contribution in [1.82, 2.24) is 15.1 Å². The van der Waals surface area contributed by atoms with Crippen molar-refractivity contribution in [1.29, 1.82) is 0 Å². The lowest BCUT2D eigenvalue weighted by atomic mass is 9.88. The van der Waals surface area contributed by atoms with E-state index in [9.17, 15) is 9.59 Å². The van der Waals surface area contributed by atoms with E-state index in [1.807, 2.05) is 11.8 Å². The lowest BCUT2D eigenvalue weighted by Gasteiger charge is -2.39. The van der Waals surface area contributed by atoms with Crippen molar-refractivity contribution in [3.63, 3.8) is 0 Å². The summed E-state index contributed by atoms with van der Waals surface area (Å²) in [4.78, 5) is 27.1. The van der Waals surface area contributed by atoms with Crippen molar-refractivity contribution in [2.75, 3.05) is 39.3 Å². The molecule has 0 aromatic heterocycles. The number of amides is 2. The maximum Gasteiger partial charge on any atom is 0.225 e. The van der Waals surface area contributed by atoms with Crippen molar-refractivity contribution in [3.8, 4) is 0 Å². The van der Waals surface area contributed by atoms with Crippen LogP contribution in [0, 0.1) is 11.8 Å². The summed E-state index contributed by atoms with van der Waals surface area (Å²) in [7, 11) is 0. The fraction of sp³-hybridized carbons (Fsp3) is 0.833. The molecule has 2 rings (SSSR count). The first-order valence-electron chi connectivity index (χ1n) is 6.34. The van der Waals surface area contributed by atoms with Gasteiger partial charge in [0, 0.05) is 39.0 Å². The fourth-order valence-electron chi connectivity index (χ4n) is 2.40. The van der Waals surface area contributed by atoms with Crippen LogP contribution in [-0.4, -0.2) is 60.9 Å². The summed E-state index contributed by atoms with van der Waals surface area (Å²) in [5.74, 6) is 0.960. The van der Waals surface area contributed by atoms with Gasteiger partial charge in [-0.1, -0.05) is 6.92 Å². The molecule has 96 valence electrons. The Kier molecular flexibility index (Phi) is 3.66. The van der Waals surface area contributed by atoms with Crippen molar-refractivity contribution in [3.05, 3.63) is 0 Å². The van der Waals surface area contributed by atoms with Gasteiger partial charge in [-0.2, -0.15) is 0 Å². The quantitative estimate of drug-likeness (QED) is 0.709. The molecule has 2 saturated heterocycles. The van der Waals surface area contributed by atoms with Crippen molar-refractivity contribution in [2.45, 2.75) is 13.8 Å². The Morgan fingerprint density at radius 2 is 1.65 bits per heavy atom. The zero-order chi connectivity index (χ0) is 12.4. The zero-order valence-electron chi connectivity index (χ0n) is 10.6. The van der Waals surface area contributed by atoms with E-state index in [2.05, 4.69) is 5.32 Å². The van der Waals surface area contributed by atoms with Gasteiger partial charge in [0.1, 0.15) is 0 Å². The molecule has 0 radical (unpaired) electrons. The second-order valence-corrected chi connectivity index (χ2v) is 5.04. The van der Waals surface area contributed by atoms with Gasteiger partial charge in [0.05, 0.1) is 0 Å². The Morgan fingerprint density at radius 1 is 1.12 bits per heavy atom. The maximum absolute atomic E-state index is 12.2. The van der Waals surface area contributed by atoms with Gasteiger partial charge in [0.25, 0.3) is 0 Å². The lowest BCUT2D eigenvalue weighted by molar-refractivity contribution is -0.142. The molecular formula is C12H21N3O2. The maximum atomic E-state index is 12.2. The summed E-state index contributed by atoms with van der Waals surface area (Å²) in [6, 6.07) is 0. The highest BCUT2D eigenvalue weighted by Gasteiger charge is 2.32. The van der Waals surface area contributed by atoms with E-state index in [0.717, 1.165) is 13.1 Å². The summed E-state index contributed by atoms with van der Waals surface area (Å²) >= 11 is 0. The third-order valence-electron chi connectivity index (χ3n) is 3.95. The Balaban J connectivity index is 1.83. The fourth-order valence-corrected chi connectivity index (χ4v) is 2.40. The molecule has 0 bridgehead atoms. The van der Waals surface area contributed by atoms with Crippen LogP contribution in [0.5, 0.6) is 0 Å². The number of hydrogen-bond acceptors (Lipinski definition) is 3. The van der Waals surface area contributed by atoms with Gasteiger partial charge in [-0.15, -0.1) is 0 Å². The summed E-state index contributed by atoms with van der Waals surface area (Å²) in [6.07, 6.45) is 0. The molecular weight excluding hydrogens is 218 g/mol. The molecule has 2 aliphatic heterocycles. The first-order valence-corrected chi connectivity index (χ1v) is 6.34. The summed E-state index contributed by atoms with van der Waals surface area (Å²) in [5, 5.41) is 3.20. The summed E-state index contributed by atoms with van der Waals surface area (Å²) in [5.41, 5.74) is 0. The SMILES string of the molecule is CC(=O)N1CCN(C(=O)C(C)C2CNC2)CC1. The van der Waals surface area contributed by atoms with Gasteiger partial charge in [0.15, 0.2) is 0 Å². The molecule has 0 saturated carbocycles. The second-order valence-electron chi connectivity index (χ2n) is 5.04. The van der Waals surface area contributed by atoms with E-state index >= 15 is 0 Å². The van der Waals surface area contributed by atoms with Crippen LogP contribution in [0.3, 0.4) is 0 Å². The summed E-state index contributed by atoms with van der Waals surface area (Å²) < 4.78 is 0. The van der Waals surface area contributed by atoms with E-state index in [-0.39, 0.29) is 17.7 Å². The molecule has 1 unspecified atom stereocenters. The van der Waals surface area contributed by atoms with E-state index in [0.29, 0.717) is 32.1 Å². The standard InChI is InChI=1S/C12H21N3O2/c1-9(11-7-13-8-11)12(17)15-5-3-14(4-6-15)10(2)16/h9,11,13H,3-8H2,1-2H3. The van der Waals surface area contributed by atoms with Gasteiger partial charge >= 0.3 is 0 Å². The number of carbonyl (C=O) groups excluding carboxylic acids is 2. The highest BCUT2D eigenvalue weighted by molar-refractivity contribution is 5.79. The molecule has 1 atom stereocenters. The topological polar surface area (TPSA) is 52.7 Å². The Hall–Kier alpha value is -1.10. The molecule has 0 aromatic rings. The van der Waals surface area contributed by atoms with Gasteiger partial charge < -0.3 is 15.1 Å². The molecule has 2 heterocycles. The second kappa shape index (κ2) is 5.04. The van der Waals surface area contributed by atoms with Crippen LogP contribution in [0.4, 0.5) is 0 Å². The van der Waals surface area contributed by atoms with Crippen molar-refractivity contribution in [2.24, 2.45) is 11.8 Å². The highest BCUT2D eigenvalue weighted by atomic mass is 16.2. The smallest absolute Gasteiger partial charge is 0.225 e. The van der Waals surface area contributed by atoms with Crippen LogP contribution < -0.4 is 5.32 Å². The van der Waals surface area contributed by atoms with Crippen LogP contribution in [0.1, 0.15) is 13.8 Å². The largest absolute Gasteiger partial charge is 0.339 e. The predicted molar refractivity (Wildman–Crippen MR) is 64.4 cm³/mol. The van der Waals surface area contributed by atoms with Crippen LogP contribution in [0.2, 0.25) is 0 Å². The normalized spacial score (nSPS) is 23.2. The Labute approximate surface area is 102 Å². The molecule has 5 heteroatoms. The lowest BCUT2D eigenvalue weighted by Crippen LogP contribution is -2.55. The van der Waals surface area contributed by atoms with Gasteiger partial charge in [-0.05, 0) is 19.0 Å². The van der Waals surface area contributed by atoms with Gasteiger partial charge in [-0.3, -0.25) is 9.59 Å².